The molecule has 0 saturated carbocycles. The summed E-state index contributed by atoms with van der Waals surface area (Å²) < 4.78 is 33.1. The van der Waals surface area contributed by atoms with Crippen molar-refractivity contribution in [1.82, 2.24) is 0 Å². The highest BCUT2D eigenvalue weighted by Crippen LogP contribution is 2.40. The van der Waals surface area contributed by atoms with Crippen molar-refractivity contribution < 1.29 is 79.2 Å². The number of rotatable bonds is 8. The molecule has 2 saturated heterocycles. The third-order valence-corrected chi connectivity index (χ3v) is 7.53. The highest BCUT2D eigenvalue weighted by Gasteiger charge is 2.46. The summed E-state index contributed by atoms with van der Waals surface area (Å²) in [6.07, 6.45) is -16.8. The Morgan fingerprint density at radius 1 is 0.733 bits per heavy atom. The van der Waals surface area contributed by atoms with E-state index in [1.54, 1.807) is 0 Å². The van der Waals surface area contributed by atoms with Crippen molar-refractivity contribution in [2.45, 2.75) is 61.4 Å². The van der Waals surface area contributed by atoms with E-state index in [1.165, 1.54) is 25.3 Å². The first-order valence-corrected chi connectivity index (χ1v) is 13.6. The lowest BCUT2D eigenvalue weighted by atomic mass is 9.99. The maximum Gasteiger partial charge on any atom is 0.239 e. The van der Waals surface area contributed by atoms with Gasteiger partial charge in [0.2, 0.25) is 23.8 Å². The molecule has 17 heteroatoms. The Morgan fingerprint density at radius 2 is 1.31 bits per heavy atom. The Balaban J connectivity index is 1.61. The smallest absolute Gasteiger partial charge is 0.239 e. The van der Waals surface area contributed by atoms with Crippen LogP contribution < -0.4 is 19.6 Å². The molecule has 1 aromatic heterocycles. The number of benzene rings is 2. The molecule has 10 N–H and O–H groups in total. The summed E-state index contributed by atoms with van der Waals surface area (Å²) >= 11 is 0. The fraction of sp³-hybridized carbons (Fsp3) is 0.464. The van der Waals surface area contributed by atoms with E-state index in [0.29, 0.717) is 0 Å². The number of hydrogen-bond donors (Lipinski definition) is 10. The van der Waals surface area contributed by atoms with Gasteiger partial charge in [-0.25, -0.2) is 0 Å². The van der Waals surface area contributed by atoms with Gasteiger partial charge in [0.1, 0.15) is 71.3 Å². The molecule has 2 aromatic carbocycles. The standard InChI is InChI=1S/C28H32O17/c1-40-13-4-9(2-3-11(13)31)25-26(45-28-24(39)22(37)19(34)16(8-30)44-28)20(35)17-12(32)5-10(6-14(17)42-25)41-27-23(38)21(36)18(33)15(7-29)43-27/h2-6,15-16,18-19,21-24,27-34,36-39H,7-8H2,1H3/t15-,16-,18-,19+,21+,22+,23-,24-,27-,28+/m1/s1. The largest absolute Gasteiger partial charge is 0.507 e. The molecular formula is C28H32O17. The van der Waals surface area contributed by atoms with E-state index in [-0.39, 0.29) is 34.2 Å². The molecule has 0 unspecified atom stereocenters. The van der Waals surface area contributed by atoms with Gasteiger partial charge in [0.05, 0.1) is 20.3 Å². The first kappa shape index (κ1) is 32.6. The Hall–Kier alpha value is -3.75. The van der Waals surface area contributed by atoms with Gasteiger partial charge in [-0.3, -0.25) is 4.79 Å². The molecule has 0 amide bonds. The predicted molar refractivity (Wildman–Crippen MR) is 147 cm³/mol. The van der Waals surface area contributed by atoms with Crippen molar-refractivity contribution in [3.05, 3.63) is 40.6 Å². The minimum absolute atomic E-state index is 0.0448. The fourth-order valence-corrected chi connectivity index (χ4v) is 5.02. The topological polar surface area (TPSA) is 279 Å². The summed E-state index contributed by atoms with van der Waals surface area (Å²) in [7, 11) is 1.27. The molecule has 0 bridgehead atoms. The van der Waals surface area contributed by atoms with Gasteiger partial charge in [-0.15, -0.1) is 0 Å². The van der Waals surface area contributed by atoms with Crippen molar-refractivity contribution in [2.75, 3.05) is 20.3 Å². The maximum absolute atomic E-state index is 13.8. The monoisotopic (exact) mass is 640 g/mol. The van der Waals surface area contributed by atoms with Crippen molar-refractivity contribution >= 4 is 11.0 Å². The lowest BCUT2D eigenvalue weighted by Gasteiger charge is -2.39. The van der Waals surface area contributed by atoms with Crippen LogP contribution >= 0.6 is 0 Å². The van der Waals surface area contributed by atoms with Crippen LogP contribution in [-0.2, 0) is 9.47 Å². The van der Waals surface area contributed by atoms with Gasteiger partial charge in [-0.2, -0.15) is 0 Å². The number of methoxy groups -OCH3 is 1. The molecular weight excluding hydrogens is 608 g/mol. The lowest BCUT2D eigenvalue weighted by molar-refractivity contribution is -0.277. The summed E-state index contributed by atoms with van der Waals surface area (Å²) in [5, 5.41) is 101. The number of ether oxygens (including phenoxy) is 5. The second-order valence-corrected chi connectivity index (χ2v) is 10.4. The number of hydrogen-bond acceptors (Lipinski definition) is 17. The van der Waals surface area contributed by atoms with Gasteiger partial charge in [0, 0.05) is 17.7 Å². The van der Waals surface area contributed by atoms with Gasteiger partial charge in [-0.05, 0) is 18.2 Å². The van der Waals surface area contributed by atoms with Crippen molar-refractivity contribution in [3.8, 4) is 40.1 Å². The number of phenolic OH excluding ortho intramolecular Hbond substituents is 2. The summed E-state index contributed by atoms with van der Waals surface area (Å²) in [5.41, 5.74) is -1.27. The zero-order valence-electron chi connectivity index (χ0n) is 23.4. The Kier molecular flexibility index (Phi) is 9.38. The molecule has 2 aliphatic rings. The van der Waals surface area contributed by atoms with E-state index < -0.39 is 96.9 Å². The third-order valence-electron chi connectivity index (χ3n) is 7.53. The number of fused-ring (bicyclic) bond motifs is 1. The maximum atomic E-state index is 13.8. The van der Waals surface area contributed by atoms with Crippen LogP contribution in [0, 0.1) is 0 Å². The molecule has 45 heavy (non-hydrogen) atoms. The highest BCUT2D eigenvalue weighted by molar-refractivity contribution is 5.88. The molecule has 0 aliphatic carbocycles. The molecule has 3 heterocycles. The van der Waals surface area contributed by atoms with Crippen molar-refractivity contribution in [3.63, 3.8) is 0 Å². The first-order valence-electron chi connectivity index (χ1n) is 13.6. The van der Waals surface area contributed by atoms with Crippen molar-refractivity contribution in [1.29, 1.82) is 0 Å². The third kappa shape index (κ3) is 5.98. The van der Waals surface area contributed by atoms with Gasteiger partial charge in [0.25, 0.3) is 0 Å². The summed E-state index contributed by atoms with van der Waals surface area (Å²) in [6, 6.07) is 5.87. The molecule has 3 aromatic rings. The molecule has 246 valence electrons. The Bertz CT molecular complexity index is 1570. The van der Waals surface area contributed by atoms with Crippen LogP contribution in [0.2, 0.25) is 0 Å². The van der Waals surface area contributed by atoms with Crippen LogP contribution in [0.1, 0.15) is 0 Å². The SMILES string of the molecule is COc1cc(-c2oc3cc(O[C@@H]4O[C@H](CO)[C@@H](O)[C@H](O)[C@H]4O)cc(O)c3c(=O)c2O[C@@H]2O[C@H](CO)[C@H](O)[C@H](O)[C@H]2O)ccc1O. The van der Waals surface area contributed by atoms with E-state index in [1.807, 2.05) is 0 Å². The van der Waals surface area contributed by atoms with Crippen LogP contribution in [0.5, 0.6) is 28.7 Å². The van der Waals surface area contributed by atoms with Crippen LogP contribution in [-0.4, -0.2) is 133 Å². The van der Waals surface area contributed by atoms with E-state index in [0.717, 1.165) is 12.1 Å². The Labute approximate surface area is 252 Å². The van der Waals surface area contributed by atoms with Crippen molar-refractivity contribution in [2.24, 2.45) is 0 Å². The normalized spacial score (nSPS) is 31.9. The number of phenols is 2. The Morgan fingerprint density at radius 3 is 1.87 bits per heavy atom. The van der Waals surface area contributed by atoms with Crippen LogP contribution in [0.15, 0.2) is 39.5 Å². The minimum atomic E-state index is -1.91. The second kappa shape index (κ2) is 12.9. The number of aromatic hydroxyl groups is 2. The second-order valence-electron chi connectivity index (χ2n) is 10.4. The zero-order valence-corrected chi connectivity index (χ0v) is 23.4. The molecule has 2 fully saturated rings. The summed E-state index contributed by atoms with van der Waals surface area (Å²) in [6.45, 7) is -1.50. The van der Waals surface area contributed by atoms with Gasteiger partial charge >= 0.3 is 0 Å². The number of aliphatic hydroxyl groups is 8. The predicted octanol–water partition coefficient (Wildman–Crippen LogP) is -2.76. The van der Waals surface area contributed by atoms with Gasteiger partial charge in [0.15, 0.2) is 17.3 Å². The summed E-state index contributed by atoms with van der Waals surface area (Å²) in [5.74, 6) is -2.30. The first-order chi connectivity index (χ1) is 21.4. The number of aliphatic hydroxyl groups excluding tert-OH is 8. The van der Waals surface area contributed by atoms with E-state index >= 15 is 0 Å². The van der Waals surface area contributed by atoms with Crippen LogP contribution in [0.25, 0.3) is 22.3 Å². The molecule has 17 nitrogen and oxygen atoms in total. The quantitative estimate of drug-likeness (QED) is 0.119. The molecule has 0 radical (unpaired) electrons. The average molecular weight is 641 g/mol. The highest BCUT2D eigenvalue weighted by atomic mass is 16.7. The van der Waals surface area contributed by atoms with E-state index in [9.17, 15) is 55.9 Å². The van der Waals surface area contributed by atoms with Crippen LogP contribution in [0.4, 0.5) is 0 Å². The lowest BCUT2D eigenvalue weighted by Crippen LogP contribution is -2.60. The van der Waals surface area contributed by atoms with Crippen LogP contribution in [0.3, 0.4) is 0 Å². The molecule has 10 atom stereocenters. The molecule has 0 spiro atoms. The summed E-state index contributed by atoms with van der Waals surface area (Å²) in [4.78, 5) is 13.8. The van der Waals surface area contributed by atoms with Gasteiger partial charge in [-0.1, -0.05) is 0 Å². The van der Waals surface area contributed by atoms with Gasteiger partial charge < -0.3 is 79.2 Å². The molecule has 2 aliphatic heterocycles. The fourth-order valence-electron chi connectivity index (χ4n) is 5.02. The van der Waals surface area contributed by atoms with E-state index in [2.05, 4.69) is 0 Å². The zero-order chi connectivity index (χ0) is 32.7. The van der Waals surface area contributed by atoms with E-state index in [4.69, 9.17) is 28.1 Å². The molecule has 5 rings (SSSR count). The average Bonchev–Trinajstić information content (AvgIpc) is 3.02. The minimum Gasteiger partial charge on any atom is -0.507 e.